The molecular weight excluding hydrogens is 282 g/mol. The number of ether oxygens (including phenoxy) is 1. The second kappa shape index (κ2) is 11.3. The Bertz CT molecular complexity index is 331. The Hall–Kier alpha value is -1.30. The van der Waals surface area contributed by atoms with Crippen LogP contribution in [0, 0.1) is 5.92 Å². The van der Waals surface area contributed by atoms with Crippen molar-refractivity contribution in [2.75, 3.05) is 39.8 Å². The first-order chi connectivity index (χ1) is 10.6. The molecular formula is C16H31N3O3. The molecule has 6 heteroatoms. The van der Waals surface area contributed by atoms with Crippen molar-refractivity contribution in [3.63, 3.8) is 0 Å². The smallest absolute Gasteiger partial charge is 0.314 e. The van der Waals surface area contributed by atoms with Gasteiger partial charge in [0.15, 0.2) is 0 Å². The van der Waals surface area contributed by atoms with Crippen molar-refractivity contribution in [2.45, 2.75) is 45.4 Å². The summed E-state index contributed by atoms with van der Waals surface area (Å²) in [6.45, 7) is 6.89. The zero-order chi connectivity index (χ0) is 16.2. The number of urea groups is 1. The average Bonchev–Trinajstić information content (AvgIpc) is 2.53. The number of rotatable bonds is 9. The Morgan fingerprint density at radius 1 is 1.14 bits per heavy atom. The molecule has 0 bridgehead atoms. The Balaban J connectivity index is 1.98. The minimum Gasteiger partial charge on any atom is -0.469 e. The number of unbranched alkanes of at least 4 members (excludes halogenated alkanes) is 1. The second-order valence-electron chi connectivity index (χ2n) is 6.14. The van der Waals surface area contributed by atoms with Crippen LogP contribution in [0.1, 0.15) is 45.4 Å². The van der Waals surface area contributed by atoms with Crippen molar-refractivity contribution < 1.29 is 14.3 Å². The fourth-order valence-corrected chi connectivity index (χ4v) is 2.68. The van der Waals surface area contributed by atoms with Crippen LogP contribution in [-0.4, -0.2) is 56.7 Å². The molecule has 0 radical (unpaired) electrons. The van der Waals surface area contributed by atoms with Crippen LogP contribution < -0.4 is 10.6 Å². The number of methoxy groups -OCH3 is 1. The summed E-state index contributed by atoms with van der Waals surface area (Å²) in [4.78, 5) is 25.1. The van der Waals surface area contributed by atoms with Crippen molar-refractivity contribution in [3.05, 3.63) is 0 Å². The molecule has 128 valence electrons. The van der Waals surface area contributed by atoms with Crippen LogP contribution in [0.25, 0.3) is 0 Å². The number of carbonyl (C=O) groups excluding carboxylic acids is 2. The summed E-state index contributed by atoms with van der Waals surface area (Å²) in [5.41, 5.74) is 0. The van der Waals surface area contributed by atoms with Gasteiger partial charge in [0, 0.05) is 26.1 Å². The molecule has 0 aliphatic carbocycles. The summed E-state index contributed by atoms with van der Waals surface area (Å²) in [5, 5.41) is 5.73. The number of amides is 2. The van der Waals surface area contributed by atoms with E-state index in [-0.39, 0.29) is 12.0 Å². The van der Waals surface area contributed by atoms with E-state index in [2.05, 4.69) is 27.2 Å². The van der Waals surface area contributed by atoms with Crippen LogP contribution in [0.5, 0.6) is 0 Å². The maximum atomic E-state index is 11.7. The van der Waals surface area contributed by atoms with E-state index in [1.807, 2.05) is 0 Å². The zero-order valence-electron chi connectivity index (χ0n) is 14.0. The summed E-state index contributed by atoms with van der Waals surface area (Å²) >= 11 is 0. The second-order valence-corrected chi connectivity index (χ2v) is 6.14. The lowest BCUT2D eigenvalue weighted by Gasteiger charge is -2.29. The molecule has 6 nitrogen and oxygen atoms in total. The minimum absolute atomic E-state index is 0.122. The van der Waals surface area contributed by atoms with Gasteiger partial charge in [-0.2, -0.15) is 0 Å². The molecule has 1 rings (SSSR count). The summed E-state index contributed by atoms with van der Waals surface area (Å²) in [7, 11) is 1.39. The molecule has 2 amide bonds. The lowest BCUT2D eigenvalue weighted by atomic mass is 10.1. The van der Waals surface area contributed by atoms with E-state index in [1.165, 1.54) is 39.5 Å². The van der Waals surface area contributed by atoms with E-state index in [4.69, 9.17) is 0 Å². The highest BCUT2D eigenvalue weighted by atomic mass is 16.5. The van der Waals surface area contributed by atoms with Gasteiger partial charge in [-0.05, 0) is 44.7 Å². The molecule has 0 saturated carbocycles. The molecule has 1 atom stereocenters. The van der Waals surface area contributed by atoms with Gasteiger partial charge in [0.2, 0.25) is 0 Å². The van der Waals surface area contributed by atoms with Gasteiger partial charge in [-0.3, -0.25) is 4.79 Å². The van der Waals surface area contributed by atoms with E-state index in [9.17, 15) is 9.59 Å². The standard InChI is InChI=1S/C16H31N3O3/c1-14(13-19-10-6-3-7-11-19)12-18-16(21)17-9-5-4-8-15(20)22-2/h14H,3-13H2,1-2H3,(H2,17,18,21)/t14-/m0/s1. The molecule has 1 aliphatic rings. The lowest BCUT2D eigenvalue weighted by Crippen LogP contribution is -2.41. The summed E-state index contributed by atoms with van der Waals surface area (Å²) in [6, 6.07) is -0.122. The van der Waals surface area contributed by atoms with Gasteiger partial charge in [-0.1, -0.05) is 13.3 Å². The highest BCUT2D eigenvalue weighted by molar-refractivity contribution is 5.73. The molecule has 0 unspecified atom stereocenters. The molecule has 0 aromatic carbocycles. The summed E-state index contributed by atoms with van der Waals surface area (Å²) < 4.78 is 4.56. The lowest BCUT2D eigenvalue weighted by molar-refractivity contribution is -0.140. The molecule has 1 fully saturated rings. The third-order valence-corrected chi connectivity index (χ3v) is 3.95. The van der Waals surface area contributed by atoms with Crippen LogP contribution >= 0.6 is 0 Å². The SMILES string of the molecule is COC(=O)CCCCNC(=O)NC[C@H](C)CN1CCCCC1. The van der Waals surface area contributed by atoms with Crippen LogP contribution in [0.3, 0.4) is 0 Å². The zero-order valence-corrected chi connectivity index (χ0v) is 14.0. The van der Waals surface area contributed by atoms with Gasteiger partial charge in [-0.15, -0.1) is 0 Å². The minimum atomic E-state index is -0.198. The van der Waals surface area contributed by atoms with Crippen LogP contribution in [0.2, 0.25) is 0 Å². The quantitative estimate of drug-likeness (QED) is 0.502. The van der Waals surface area contributed by atoms with Crippen molar-refractivity contribution >= 4 is 12.0 Å². The first kappa shape index (κ1) is 18.7. The number of hydrogen-bond acceptors (Lipinski definition) is 4. The third kappa shape index (κ3) is 8.87. The Labute approximate surface area is 134 Å². The molecule has 0 aromatic rings. The van der Waals surface area contributed by atoms with E-state index >= 15 is 0 Å². The molecule has 2 N–H and O–H groups in total. The maximum absolute atomic E-state index is 11.7. The summed E-state index contributed by atoms with van der Waals surface area (Å²) in [5.74, 6) is 0.263. The van der Waals surface area contributed by atoms with Gasteiger partial charge < -0.3 is 20.3 Å². The van der Waals surface area contributed by atoms with Crippen molar-refractivity contribution in [1.29, 1.82) is 0 Å². The summed E-state index contributed by atoms with van der Waals surface area (Å²) in [6.07, 6.45) is 5.87. The van der Waals surface area contributed by atoms with Gasteiger partial charge >= 0.3 is 12.0 Å². The van der Waals surface area contributed by atoms with E-state index in [0.29, 0.717) is 25.4 Å². The van der Waals surface area contributed by atoms with Crippen molar-refractivity contribution in [1.82, 2.24) is 15.5 Å². The van der Waals surface area contributed by atoms with E-state index in [0.717, 1.165) is 19.4 Å². The van der Waals surface area contributed by atoms with Crippen LogP contribution in [0.15, 0.2) is 0 Å². The van der Waals surface area contributed by atoms with Gasteiger partial charge in [0.25, 0.3) is 0 Å². The van der Waals surface area contributed by atoms with E-state index < -0.39 is 0 Å². The van der Waals surface area contributed by atoms with Crippen molar-refractivity contribution in [2.24, 2.45) is 5.92 Å². The number of esters is 1. The molecule has 1 aliphatic heterocycles. The monoisotopic (exact) mass is 313 g/mol. The predicted octanol–water partition coefficient (Wildman–Crippen LogP) is 1.75. The van der Waals surface area contributed by atoms with Gasteiger partial charge in [-0.25, -0.2) is 4.79 Å². The Morgan fingerprint density at radius 3 is 2.55 bits per heavy atom. The predicted molar refractivity (Wildman–Crippen MR) is 86.7 cm³/mol. The highest BCUT2D eigenvalue weighted by Gasteiger charge is 2.13. The van der Waals surface area contributed by atoms with Crippen LogP contribution in [-0.2, 0) is 9.53 Å². The maximum Gasteiger partial charge on any atom is 0.314 e. The fraction of sp³-hybridized carbons (Fsp3) is 0.875. The Kier molecular flexibility index (Phi) is 9.62. The molecule has 0 spiro atoms. The van der Waals surface area contributed by atoms with Crippen LogP contribution in [0.4, 0.5) is 4.79 Å². The van der Waals surface area contributed by atoms with Gasteiger partial charge in [0.1, 0.15) is 0 Å². The molecule has 22 heavy (non-hydrogen) atoms. The normalized spacial score (nSPS) is 16.8. The Morgan fingerprint density at radius 2 is 1.86 bits per heavy atom. The first-order valence-electron chi connectivity index (χ1n) is 8.42. The molecule has 1 saturated heterocycles. The van der Waals surface area contributed by atoms with Crippen molar-refractivity contribution in [3.8, 4) is 0 Å². The van der Waals surface area contributed by atoms with Gasteiger partial charge in [0.05, 0.1) is 7.11 Å². The molecule has 1 heterocycles. The number of likely N-dealkylation sites (tertiary alicyclic amines) is 1. The number of carbonyl (C=O) groups is 2. The third-order valence-electron chi connectivity index (χ3n) is 3.95. The average molecular weight is 313 g/mol. The topological polar surface area (TPSA) is 70.7 Å². The van der Waals surface area contributed by atoms with E-state index in [1.54, 1.807) is 0 Å². The first-order valence-corrected chi connectivity index (χ1v) is 8.42. The molecule has 0 aromatic heterocycles. The number of piperidine rings is 1. The fourth-order valence-electron chi connectivity index (χ4n) is 2.68. The number of hydrogen-bond donors (Lipinski definition) is 2. The number of nitrogens with zero attached hydrogens (tertiary/aromatic N) is 1. The largest absolute Gasteiger partial charge is 0.469 e. The highest BCUT2D eigenvalue weighted by Crippen LogP contribution is 2.10. The number of nitrogens with one attached hydrogen (secondary N) is 2.